The predicted octanol–water partition coefficient (Wildman–Crippen LogP) is -0.316. The van der Waals surface area contributed by atoms with Crippen molar-refractivity contribution in [3.8, 4) is 0 Å². The number of rotatable bonds is 1. The molecule has 48 valence electrons. The molecule has 0 amide bonds. The fraction of sp³-hybridized carbons (Fsp3) is 1.00. The molecule has 1 rings (SSSR count). The van der Waals surface area contributed by atoms with E-state index in [-0.39, 0.29) is 6.61 Å². The van der Waals surface area contributed by atoms with Crippen LogP contribution in [0.3, 0.4) is 0 Å². The van der Waals surface area contributed by atoms with Crippen LogP contribution in [0.4, 0.5) is 0 Å². The topological polar surface area (TPSA) is 32.3 Å². The molecular formula is C5H11NOS. The van der Waals surface area contributed by atoms with Gasteiger partial charge >= 0.3 is 0 Å². The Morgan fingerprint density at radius 2 is 2.62 bits per heavy atom. The molecule has 1 fully saturated rings. The van der Waals surface area contributed by atoms with Crippen LogP contribution in [0.2, 0.25) is 0 Å². The highest BCUT2D eigenvalue weighted by Gasteiger charge is 2.09. The van der Waals surface area contributed by atoms with Crippen LogP contribution in [-0.2, 0) is 0 Å². The second-order valence-electron chi connectivity index (χ2n) is 1.91. The Labute approximate surface area is 53.7 Å². The van der Waals surface area contributed by atoms with Gasteiger partial charge in [-0.3, -0.25) is 0 Å². The maximum absolute atomic E-state index is 8.62. The third-order valence-electron chi connectivity index (χ3n) is 1.22. The molecule has 1 aliphatic rings. The standard InChI is InChI=1S/C5H11NOS/c7-3-5-4-8-2-1-6-5/h5-7H,1-4H2/t5-/m0/s1. The Hall–Kier alpha value is 0.270. The first kappa shape index (κ1) is 6.39. The maximum Gasteiger partial charge on any atom is 0.0592 e. The molecular weight excluding hydrogens is 122 g/mol. The first-order valence-electron chi connectivity index (χ1n) is 2.85. The highest BCUT2D eigenvalue weighted by Crippen LogP contribution is 2.05. The number of aliphatic hydroxyl groups is 1. The second-order valence-corrected chi connectivity index (χ2v) is 3.06. The lowest BCUT2D eigenvalue weighted by atomic mass is 10.3. The normalized spacial score (nSPS) is 30.4. The van der Waals surface area contributed by atoms with Crippen LogP contribution >= 0.6 is 11.8 Å². The summed E-state index contributed by atoms with van der Waals surface area (Å²) in [5, 5.41) is 11.8. The van der Waals surface area contributed by atoms with E-state index in [2.05, 4.69) is 5.32 Å². The monoisotopic (exact) mass is 133 g/mol. The lowest BCUT2D eigenvalue weighted by Crippen LogP contribution is -2.39. The lowest BCUT2D eigenvalue weighted by Gasteiger charge is -2.20. The highest BCUT2D eigenvalue weighted by atomic mass is 32.2. The SMILES string of the molecule is OC[C@H]1CSCCN1. The van der Waals surface area contributed by atoms with E-state index in [1.807, 2.05) is 11.8 Å². The van der Waals surface area contributed by atoms with E-state index < -0.39 is 0 Å². The van der Waals surface area contributed by atoms with Crippen LogP contribution in [0.15, 0.2) is 0 Å². The maximum atomic E-state index is 8.62. The molecule has 0 aromatic carbocycles. The van der Waals surface area contributed by atoms with Gasteiger partial charge in [-0.15, -0.1) is 0 Å². The van der Waals surface area contributed by atoms with E-state index >= 15 is 0 Å². The Morgan fingerprint density at radius 3 is 3.00 bits per heavy atom. The predicted molar refractivity (Wildman–Crippen MR) is 36.2 cm³/mol. The van der Waals surface area contributed by atoms with Crippen molar-refractivity contribution in [2.75, 3.05) is 24.7 Å². The van der Waals surface area contributed by atoms with E-state index in [0.717, 1.165) is 12.3 Å². The zero-order valence-corrected chi connectivity index (χ0v) is 5.58. The summed E-state index contributed by atoms with van der Waals surface area (Å²) in [6.07, 6.45) is 0. The van der Waals surface area contributed by atoms with Gasteiger partial charge in [0, 0.05) is 24.1 Å². The average molecular weight is 133 g/mol. The van der Waals surface area contributed by atoms with Crippen molar-refractivity contribution >= 4 is 11.8 Å². The smallest absolute Gasteiger partial charge is 0.0592 e. The molecule has 1 heterocycles. The number of aliphatic hydroxyl groups excluding tert-OH is 1. The van der Waals surface area contributed by atoms with E-state index in [0.29, 0.717) is 6.04 Å². The number of thioether (sulfide) groups is 1. The third kappa shape index (κ3) is 1.65. The van der Waals surface area contributed by atoms with Crippen LogP contribution in [0.25, 0.3) is 0 Å². The van der Waals surface area contributed by atoms with Gasteiger partial charge in [-0.1, -0.05) is 0 Å². The van der Waals surface area contributed by atoms with Gasteiger partial charge in [-0.2, -0.15) is 11.8 Å². The van der Waals surface area contributed by atoms with Gasteiger partial charge in [0.05, 0.1) is 6.61 Å². The van der Waals surface area contributed by atoms with Crippen LogP contribution in [0.5, 0.6) is 0 Å². The molecule has 3 heteroatoms. The van der Waals surface area contributed by atoms with Crippen molar-refractivity contribution in [1.29, 1.82) is 0 Å². The Balaban J connectivity index is 2.13. The number of hydrogen-bond donors (Lipinski definition) is 2. The molecule has 0 aliphatic carbocycles. The molecule has 0 saturated carbocycles. The van der Waals surface area contributed by atoms with Gasteiger partial charge in [0.2, 0.25) is 0 Å². The van der Waals surface area contributed by atoms with E-state index in [1.54, 1.807) is 0 Å². The molecule has 0 bridgehead atoms. The first-order valence-corrected chi connectivity index (χ1v) is 4.01. The summed E-state index contributed by atoms with van der Waals surface area (Å²) in [6, 6.07) is 0.355. The van der Waals surface area contributed by atoms with Crippen molar-refractivity contribution in [3.05, 3.63) is 0 Å². The summed E-state index contributed by atoms with van der Waals surface area (Å²) < 4.78 is 0. The number of hydrogen-bond acceptors (Lipinski definition) is 3. The molecule has 0 spiro atoms. The molecule has 0 unspecified atom stereocenters. The minimum absolute atomic E-state index is 0.285. The fourth-order valence-corrected chi connectivity index (χ4v) is 1.67. The van der Waals surface area contributed by atoms with Gasteiger partial charge in [0.15, 0.2) is 0 Å². The van der Waals surface area contributed by atoms with Crippen molar-refractivity contribution in [1.82, 2.24) is 5.32 Å². The molecule has 0 radical (unpaired) electrons. The summed E-state index contributed by atoms with van der Waals surface area (Å²) in [5.74, 6) is 2.26. The molecule has 2 N–H and O–H groups in total. The van der Waals surface area contributed by atoms with Crippen molar-refractivity contribution in [2.45, 2.75) is 6.04 Å². The Bertz CT molecular complexity index is 63.4. The van der Waals surface area contributed by atoms with E-state index in [9.17, 15) is 0 Å². The van der Waals surface area contributed by atoms with E-state index in [1.165, 1.54) is 5.75 Å². The van der Waals surface area contributed by atoms with Crippen molar-refractivity contribution < 1.29 is 5.11 Å². The minimum Gasteiger partial charge on any atom is -0.395 e. The van der Waals surface area contributed by atoms with Crippen LogP contribution in [0, 0.1) is 0 Å². The molecule has 1 saturated heterocycles. The van der Waals surface area contributed by atoms with Gasteiger partial charge < -0.3 is 10.4 Å². The Kier molecular flexibility index (Phi) is 2.66. The zero-order chi connectivity index (χ0) is 5.82. The Morgan fingerprint density at radius 1 is 1.75 bits per heavy atom. The highest BCUT2D eigenvalue weighted by molar-refractivity contribution is 7.99. The van der Waals surface area contributed by atoms with Gasteiger partial charge in [0.25, 0.3) is 0 Å². The van der Waals surface area contributed by atoms with Crippen LogP contribution < -0.4 is 5.32 Å². The van der Waals surface area contributed by atoms with Crippen LogP contribution in [-0.4, -0.2) is 35.8 Å². The van der Waals surface area contributed by atoms with Gasteiger partial charge in [-0.25, -0.2) is 0 Å². The van der Waals surface area contributed by atoms with Crippen molar-refractivity contribution in [3.63, 3.8) is 0 Å². The largest absolute Gasteiger partial charge is 0.395 e. The van der Waals surface area contributed by atoms with Crippen LogP contribution in [0.1, 0.15) is 0 Å². The molecule has 0 aromatic heterocycles. The molecule has 8 heavy (non-hydrogen) atoms. The molecule has 0 aromatic rings. The third-order valence-corrected chi connectivity index (χ3v) is 2.35. The number of nitrogens with one attached hydrogen (secondary N) is 1. The zero-order valence-electron chi connectivity index (χ0n) is 4.76. The van der Waals surface area contributed by atoms with Crippen molar-refractivity contribution in [2.24, 2.45) is 0 Å². The van der Waals surface area contributed by atoms with E-state index in [4.69, 9.17) is 5.11 Å². The molecule has 1 atom stereocenters. The molecule has 1 aliphatic heterocycles. The summed E-state index contributed by atoms with van der Waals surface area (Å²) >= 11 is 1.91. The lowest BCUT2D eigenvalue weighted by molar-refractivity contribution is 0.254. The summed E-state index contributed by atoms with van der Waals surface area (Å²) in [6.45, 7) is 1.34. The second kappa shape index (κ2) is 3.33. The average Bonchev–Trinajstić information content (AvgIpc) is 1.90. The summed E-state index contributed by atoms with van der Waals surface area (Å²) in [5.41, 5.74) is 0. The first-order chi connectivity index (χ1) is 3.93. The quantitative estimate of drug-likeness (QED) is 0.514. The summed E-state index contributed by atoms with van der Waals surface area (Å²) in [7, 11) is 0. The summed E-state index contributed by atoms with van der Waals surface area (Å²) in [4.78, 5) is 0. The van der Waals surface area contributed by atoms with Gasteiger partial charge in [-0.05, 0) is 0 Å². The van der Waals surface area contributed by atoms with Gasteiger partial charge in [0.1, 0.15) is 0 Å². The minimum atomic E-state index is 0.285. The fourth-order valence-electron chi connectivity index (χ4n) is 0.737. The molecule has 2 nitrogen and oxygen atoms in total.